The molecule has 0 atom stereocenters. The number of benzene rings is 2. The van der Waals surface area contributed by atoms with Crippen molar-refractivity contribution in [3.63, 3.8) is 0 Å². The summed E-state index contributed by atoms with van der Waals surface area (Å²) in [7, 11) is -3.29. The van der Waals surface area contributed by atoms with Crippen molar-refractivity contribution in [3.05, 3.63) is 76.6 Å². The molecule has 0 saturated carbocycles. The lowest BCUT2D eigenvalue weighted by molar-refractivity contribution is 0.151. The normalized spacial score (nSPS) is 15.7. The number of nitrogens with one attached hydrogen (secondary N) is 2. The summed E-state index contributed by atoms with van der Waals surface area (Å²) in [4.78, 5) is 6.92. The van der Waals surface area contributed by atoms with Gasteiger partial charge in [0.05, 0.1) is 26.2 Å². The summed E-state index contributed by atoms with van der Waals surface area (Å²) in [6.45, 7) is 7.79. The first-order valence-electron chi connectivity index (χ1n) is 11.9. The molecule has 0 spiro atoms. The molecule has 6 nitrogen and oxygen atoms in total. The van der Waals surface area contributed by atoms with E-state index in [4.69, 9.17) is 17.0 Å². The van der Waals surface area contributed by atoms with Crippen molar-refractivity contribution in [1.29, 1.82) is 5.41 Å². The number of halogens is 1. The maximum Gasteiger partial charge on any atom is 0.175 e. The number of sulfone groups is 1. The Labute approximate surface area is 222 Å². The van der Waals surface area contributed by atoms with Gasteiger partial charge < -0.3 is 15.6 Å². The van der Waals surface area contributed by atoms with E-state index in [1.54, 1.807) is 29.5 Å². The van der Waals surface area contributed by atoms with Crippen LogP contribution in [0.4, 0.5) is 5.69 Å². The quantitative estimate of drug-likeness (QED) is 0.345. The molecule has 2 N–H and O–H groups in total. The molecule has 3 aromatic rings. The van der Waals surface area contributed by atoms with Gasteiger partial charge in [-0.3, -0.25) is 4.90 Å². The maximum absolute atomic E-state index is 12.0. The van der Waals surface area contributed by atoms with Crippen molar-refractivity contribution in [3.8, 4) is 10.4 Å². The topological polar surface area (TPSA) is 76.5 Å². The van der Waals surface area contributed by atoms with Crippen LogP contribution in [0.15, 0.2) is 71.6 Å². The van der Waals surface area contributed by atoms with E-state index in [1.165, 1.54) is 6.26 Å². The highest BCUT2D eigenvalue weighted by Gasteiger charge is 2.17. The van der Waals surface area contributed by atoms with Crippen LogP contribution in [-0.2, 0) is 9.84 Å². The standard InChI is InChI=1S/C27H31ClN4O2S2/c1-3-31-13-15-32(16-14-31)19-21(29)18-25(30-24-10-5-4-9-23(24)28)27-12-11-26(35-27)20-7-6-8-22(17-20)36(2,33)34/h4-12,17-18,29-30H,3,13-16,19H2,1-2H3/b25-18-,29-21?. The molecule has 2 heterocycles. The largest absolute Gasteiger partial charge is 0.353 e. The lowest BCUT2D eigenvalue weighted by Gasteiger charge is -2.33. The van der Waals surface area contributed by atoms with Gasteiger partial charge in [0, 0.05) is 49.6 Å². The molecule has 36 heavy (non-hydrogen) atoms. The van der Waals surface area contributed by atoms with Gasteiger partial charge in [-0.2, -0.15) is 0 Å². The van der Waals surface area contributed by atoms with E-state index >= 15 is 0 Å². The van der Waals surface area contributed by atoms with Crippen LogP contribution in [-0.4, -0.2) is 69.5 Å². The third-order valence-electron chi connectivity index (χ3n) is 6.19. The van der Waals surface area contributed by atoms with E-state index in [2.05, 4.69) is 22.0 Å². The summed E-state index contributed by atoms with van der Waals surface area (Å²) in [6, 6.07) is 18.5. The van der Waals surface area contributed by atoms with Crippen molar-refractivity contribution in [1.82, 2.24) is 9.80 Å². The average molecular weight is 543 g/mol. The molecule has 1 aromatic heterocycles. The van der Waals surface area contributed by atoms with Crippen molar-refractivity contribution in [2.24, 2.45) is 0 Å². The van der Waals surface area contributed by atoms with Gasteiger partial charge in [-0.1, -0.05) is 42.8 Å². The minimum absolute atomic E-state index is 0.296. The van der Waals surface area contributed by atoms with Crippen molar-refractivity contribution >= 4 is 49.9 Å². The van der Waals surface area contributed by atoms with E-state index < -0.39 is 9.84 Å². The van der Waals surface area contributed by atoms with E-state index in [1.807, 2.05) is 48.5 Å². The highest BCUT2D eigenvalue weighted by molar-refractivity contribution is 7.90. The number of hydrogen-bond acceptors (Lipinski definition) is 7. The van der Waals surface area contributed by atoms with Gasteiger partial charge in [-0.25, -0.2) is 8.42 Å². The Bertz CT molecular complexity index is 1360. The number of nitrogens with zero attached hydrogens (tertiary/aromatic N) is 2. The molecule has 9 heteroatoms. The lowest BCUT2D eigenvalue weighted by atomic mass is 10.2. The number of piperazine rings is 1. The summed E-state index contributed by atoms with van der Waals surface area (Å²) in [6.07, 6.45) is 3.09. The third kappa shape index (κ3) is 6.83. The Kier molecular flexibility index (Phi) is 8.64. The minimum Gasteiger partial charge on any atom is -0.353 e. The number of thiophene rings is 1. The van der Waals surface area contributed by atoms with E-state index in [9.17, 15) is 8.42 Å². The van der Waals surface area contributed by atoms with Crippen LogP contribution < -0.4 is 5.32 Å². The Balaban J connectivity index is 1.60. The zero-order valence-electron chi connectivity index (χ0n) is 20.5. The van der Waals surface area contributed by atoms with Gasteiger partial charge in [0.2, 0.25) is 0 Å². The molecule has 4 rings (SSSR count). The Morgan fingerprint density at radius 1 is 1.06 bits per heavy atom. The van der Waals surface area contributed by atoms with Crippen molar-refractivity contribution < 1.29 is 8.42 Å². The second kappa shape index (κ2) is 11.7. The first kappa shape index (κ1) is 26.6. The molecule has 2 aromatic carbocycles. The molecule has 0 bridgehead atoms. The zero-order chi connectivity index (χ0) is 25.7. The molecular weight excluding hydrogens is 512 g/mol. The average Bonchev–Trinajstić information content (AvgIpc) is 3.35. The van der Waals surface area contributed by atoms with Gasteiger partial charge in [0.15, 0.2) is 9.84 Å². The predicted octanol–water partition coefficient (Wildman–Crippen LogP) is 5.58. The lowest BCUT2D eigenvalue weighted by Crippen LogP contribution is -2.47. The summed E-state index contributed by atoms with van der Waals surface area (Å²) < 4.78 is 24.1. The van der Waals surface area contributed by atoms with Gasteiger partial charge in [-0.15, -0.1) is 11.3 Å². The third-order valence-corrected chi connectivity index (χ3v) is 8.79. The summed E-state index contributed by atoms with van der Waals surface area (Å²) in [5, 5.41) is 12.7. The molecule has 0 unspecified atom stereocenters. The van der Waals surface area contributed by atoms with Crippen LogP contribution in [0.5, 0.6) is 0 Å². The second-order valence-electron chi connectivity index (χ2n) is 8.86. The SMILES string of the molecule is CCN1CCN(CC(=N)/C=C(\Nc2ccccc2Cl)c2ccc(-c3cccc(S(C)(=O)=O)c3)s2)CC1. The number of anilines is 1. The fourth-order valence-corrected chi connectivity index (χ4v) is 5.94. The minimum atomic E-state index is -3.29. The summed E-state index contributed by atoms with van der Waals surface area (Å²) in [5.41, 5.74) is 2.92. The molecule has 0 aliphatic carbocycles. The Morgan fingerprint density at radius 3 is 2.47 bits per heavy atom. The number of rotatable bonds is 9. The van der Waals surface area contributed by atoms with Gasteiger partial charge in [-0.05, 0) is 54.6 Å². The zero-order valence-corrected chi connectivity index (χ0v) is 22.9. The predicted molar refractivity (Wildman–Crippen MR) is 152 cm³/mol. The fourth-order valence-electron chi connectivity index (χ4n) is 4.12. The highest BCUT2D eigenvalue weighted by Crippen LogP contribution is 2.34. The molecule has 0 radical (unpaired) electrons. The molecular formula is C27H31ClN4O2S2. The van der Waals surface area contributed by atoms with Crippen molar-refractivity contribution in [2.75, 3.05) is 50.8 Å². The van der Waals surface area contributed by atoms with Crippen LogP contribution in [0.1, 0.15) is 11.8 Å². The van der Waals surface area contributed by atoms with E-state index in [-0.39, 0.29) is 0 Å². The Hall–Kier alpha value is -2.49. The van der Waals surface area contributed by atoms with Crippen LogP contribution in [0.25, 0.3) is 16.1 Å². The Morgan fingerprint density at radius 2 is 1.78 bits per heavy atom. The second-order valence-corrected chi connectivity index (χ2v) is 12.4. The van der Waals surface area contributed by atoms with Gasteiger partial charge in [0.25, 0.3) is 0 Å². The molecule has 1 fully saturated rings. The van der Waals surface area contributed by atoms with Gasteiger partial charge >= 0.3 is 0 Å². The molecule has 190 valence electrons. The molecule has 1 saturated heterocycles. The first-order chi connectivity index (χ1) is 17.2. The highest BCUT2D eigenvalue weighted by atomic mass is 35.5. The smallest absolute Gasteiger partial charge is 0.175 e. The molecule has 1 aliphatic rings. The van der Waals surface area contributed by atoms with Crippen LogP contribution in [0, 0.1) is 5.41 Å². The fraction of sp³-hybridized carbons (Fsp3) is 0.296. The number of para-hydroxylation sites is 1. The monoisotopic (exact) mass is 542 g/mol. The summed E-state index contributed by atoms with van der Waals surface area (Å²) >= 11 is 7.97. The van der Waals surface area contributed by atoms with Crippen LogP contribution >= 0.6 is 22.9 Å². The van der Waals surface area contributed by atoms with Crippen LogP contribution in [0.2, 0.25) is 5.02 Å². The molecule has 0 amide bonds. The van der Waals surface area contributed by atoms with E-state index in [0.29, 0.717) is 22.2 Å². The molecule has 1 aliphatic heterocycles. The van der Waals surface area contributed by atoms with Gasteiger partial charge in [0.1, 0.15) is 0 Å². The van der Waals surface area contributed by atoms with E-state index in [0.717, 1.165) is 59.4 Å². The van der Waals surface area contributed by atoms with Crippen LogP contribution in [0.3, 0.4) is 0 Å². The first-order valence-corrected chi connectivity index (χ1v) is 15.0. The number of hydrogen-bond donors (Lipinski definition) is 2. The maximum atomic E-state index is 12.0. The summed E-state index contributed by atoms with van der Waals surface area (Å²) in [5.74, 6) is 0. The number of likely N-dealkylation sites (N-methyl/N-ethyl adjacent to an activating group) is 1. The van der Waals surface area contributed by atoms with Crippen molar-refractivity contribution in [2.45, 2.75) is 11.8 Å².